The molecule has 0 spiro atoms. The Hall–Kier alpha value is -2.18. The van der Waals surface area contributed by atoms with E-state index in [-0.39, 0.29) is 12.5 Å². The van der Waals surface area contributed by atoms with E-state index in [2.05, 4.69) is 34.3 Å². The number of rotatable bonds is 6. The van der Waals surface area contributed by atoms with Crippen molar-refractivity contribution in [2.75, 3.05) is 19.8 Å². The third kappa shape index (κ3) is 4.40. The number of aliphatic carboxylic acids is 1. The van der Waals surface area contributed by atoms with Gasteiger partial charge in [-0.15, -0.1) is 0 Å². The topological polar surface area (TPSA) is 67.6 Å². The number of carbonyl (C=O) groups is 1. The van der Waals surface area contributed by atoms with E-state index in [9.17, 15) is 4.79 Å². The first-order chi connectivity index (χ1) is 11.2. The van der Waals surface area contributed by atoms with Gasteiger partial charge >= 0.3 is 5.97 Å². The first-order valence-corrected chi connectivity index (χ1v) is 7.79. The minimum atomic E-state index is -0.778. The van der Waals surface area contributed by atoms with E-state index in [0.29, 0.717) is 13.2 Å². The molecule has 23 heavy (non-hydrogen) atoms. The number of carboxylic acid groups (broad SMARTS) is 1. The van der Waals surface area contributed by atoms with Gasteiger partial charge in [0.1, 0.15) is 0 Å². The quantitative estimate of drug-likeness (QED) is 0.877. The van der Waals surface area contributed by atoms with E-state index >= 15 is 0 Å². The lowest BCUT2D eigenvalue weighted by Crippen LogP contribution is -2.45. The van der Waals surface area contributed by atoms with Crippen LogP contribution in [-0.2, 0) is 22.6 Å². The standard InChI is InChI=1S/C17H21N3O3/c21-17(22)10-16-13-23-9-8-19(16)11-14-2-4-15(5-3-14)12-20-7-1-6-18-20/h1-7,16H,8-13H2,(H,21,22)/t16-/m1/s1. The lowest BCUT2D eigenvalue weighted by Gasteiger charge is -2.34. The average Bonchev–Trinajstić information content (AvgIpc) is 3.04. The summed E-state index contributed by atoms with van der Waals surface area (Å²) in [6, 6.07) is 10.3. The maximum atomic E-state index is 11.0. The molecule has 6 heteroatoms. The summed E-state index contributed by atoms with van der Waals surface area (Å²) >= 11 is 0. The number of morpholine rings is 1. The van der Waals surface area contributed by atoms with Crippen LogP contribution in [0.15, 0.2) is 42.7 Å². The summed E-state index contributed by atoms with van der Waals surface area (Å²) in [5, 5.41) is 13.2. The molecule has 122 valence electrons. The molecular formula is C17H21N3O3. The van der Waals surface area contributed by atoms with Crippen LogP contribution >= 0.6 is 0 Å². The Bertz CT molecular complexity index is 625. The fourth-order valence-corrected chi connectivity index (χ4v) is 2.85. The predicted octanol–water partition coefficient (Wildman–Crippen LogP) is 1.61. The van der Waals surface area contributed by atoms with E-state index in [1.807, 2.05) is 16.9 Å². The second-order valence-corrected chi connectivity index (χ2v) is 5.82. The SMILES string of the molecule is O=C(O)C[C@@H]1COCCN1Cc1ccc(Cn2cccn2)cc1. The van der Waals surface area contributed by atoms with Gasteiger partial charge in [0.2, 0.25) is 0 Å². The Morgan fingerprint density at radius 3 is 2.65 bits per heavy atom. The van der Waals surface area contributed by atoms with Gasteiger partial charge in [0.25, 0.3) is 0 Å². The summed E-state index contributed by atoms with van der Waals surface area (Å²) in [4.78, 5) is 13.2. The number of aromatic nitrogens is 2. The average molecular weight is 315 g/mol. The molecule has 1 aromatic carbocycles. The Balaban J connectivity index is 1.61. The number of benzene rings is 1. The normalized spacial score (nSPS) is 18.9. The highest BCUT2D eigenvalue weighted by molar-refractivity contribution is 5.67. The van der Waals surface area contributed by atoms with Crippen molar-refractivity contribution < 1.29 is 14.6 Å². The van der Waals surface area contributed by atoms with Gasteiger partial charge in [-0.2, -0.15) is 5.10 Å². The summed E-state index contributed by atoms with van der Waals surface area (Å²) in [5.74, 6) is -0.778. The zero-order valence-corrected chi connectivity index (χ0v) is 13.0. The number of hydrogen-bond donors (Lipinski definition) is 1. The molecule has 1 N–H and O–H groups in total. The molecule has 3 rings (SSSR count). The fraction of sp³-hybridized carbons (Fsp3) is 0.412. The molecule has 0 unspecified atom stereocenters. The van der Waals surface area contributed by atoms with Crippen molar-refractivity contribution >= 4 is 5.97 Å². The fourth-order valence-electron chi connectivity index (χ4n) is 2.85. The molecule has 0 saturated carbocycles. The lowest BCUT2D eigenvalue weighted by atomic mass is 10.1. The zero-order chi connectivity index (χ0) is 16.1. The van der Waals surface area contributed by atoms with Gasteiger partial charge in [-0.3, -0.25) is 14.4 Å². The van der Waals surface area contributed by atoms with Crippen LogP contribution in [0.1, 0.15) is 17.5 Å². The van der Waals surface area contributed by atoms with Gasteiger partial charge in [-0.25, -0.2) is 0 Å². The minimum Gasteiger partial charge on any atom is -0.481 e. The van der Waals surface area contributed by atoms with E-state index in [4.69, 9.17) is 9.84 Å². The van der Waals surface area contributed by atoms with Gasteiger partial charge in [0, 0.05) is 31.5 Å². The van der Waals surface area contributed by atoms with Crippen LogP contribution in [0, 0.1) is 0 Å². The second kappa shape index (κ2) is 7.39. The van der Waals surface area contributed by atoms with Crippen molar-refractivity contribution in [2.45, 2.75) is 25.6 Å². The van der Waals surface area contributed by atoms with Gasteiger partial charge in [-0.05, 0) is 17.2 Å². The molecule has 0 aliphatic carbocycles. The van der Waals surface area contributed by atoms with Crippen LogP contribution in [-0.4, -0.2) is 51.6 Å². The highest BCUT2D eigenvalue weighted by atomic mass is 16.5. The minimum absolute atomic E-state index is 0.0509. The highest BCUT2D eigenvalue weighted by Gasteiger charge is 2.25. The van der Waals surface area contributed by atoms with Gasteiger partial charge in [0.05, 0.1) is 26.2 Å². The largest absolute Gasteiger partial charge is 0.481 e. The predicted molar refractivity (Wildman–Crippen MR) is 85.0 cm³/mol. The molecule has 2 heterocycles. The molecular weight excluding hydrogens is 294 g/mol. The number of ether oxygens (including phenoxy) is 1. The molecule has 0 radical (unpaired) electrons. The molecule has 2 aromatic rings. The van der Waals surface area contributed by atoms with Gasteiger partial charge in [-0.1, -0.05) is 24.3 Å². The van der Waals surface area contributed by atoms with Crippen LogP contribution in [0.25, 0.3) is 0 Å². The van der Waals surface area contributed by atoms with Crippen molar-refractivity contribution in [1.29, 1.82) is 0 Å². The maximum Gasteiger partial charge on any atom is 0.305 e. The molecule has 1 aromatic heterocycles. The Morgan fingerprint density at radius 1 is 1.26 bits per heavy atom. The Labute approximate surface area is 135 Å². The van der Waals surface area contributed by atoms with Crippen LogP contribution in [0.2, 0.25) is 0 Å². The van der Waals surface area contributed by atoms with Crippen molar-refractivity contribution in [1.82, 2.24) is 14.7 Å². The first-order valence-electron chi connectivity index (χ1n) is 7.79. The maximum absolute atomic E-state index is 11.0. The third-order valence-corrected chi connectivity index (χ3v) is 4.07. The molecule has 1 atom stereocenters. The molecule has 0 bridgehead atoms. The lowest BCUT2D eigenvalue weighted by molar-refractivity contribution is -0.140. The van der Waals surface area contributed by atoms with Crippen LogP contribution in [0.5, 0.6) is 0 Å². The second-order valence-electron chi connectivity index (χ2n) is 5.82. The smallest absolute Gasteiger partial charge is 0.305 e. The Kier molecular flexibility index (Phi) is 5.05. The van der Waals surface area contributed by atoms with Crippen LogP contribution < -0.4 is 0 Å². The van der Waals surface area contributed by atoms with Crippen LogP contribution in [0.4, 0.5) is 0 Å². The van der Waals surface area contributed by atoms with Crippen molar-refractivity contribution in [3.63, 3.8) is 0 Å². The molecule has 6 nitrogen and oxygen atoms in total. The van der Waals surface area contributed by atoms with E-state index in [0.717, 1.165) is 19.6 Å². The monoisotopic (exact) mass is 315 g/mol. The summed E-state index contributed by atoms with van der Waals surface area (Å²) in [6.45, 7) is 3.43. The molecule has 1 saturated heterocycles. The van der Waals surface area contributed by atoms with E-state index in [1.165, 1.54) is 11.1 Å². The number of nitrogens with zero attached hydrogens (tertiary/aromatic N) is 3. The summed E-state index contributed by atoms with van der Waals surface area (Å²) in [6.07, 6.45) is 3.84. The molecule has 1 aliphatic heterocycles. The summed E-state index contributed by atoms with van der Waals surface area (Å²) in [7, 11) is 0. The summed E-state index contributed by atoms with van der Waals surface area (Å²) < 4.78 is 7.30. The van der Waals surface area contributed by atoms with E-state index < -0.39 is 5.97 Å². The Morgan fingerprint density at radius 2 is 2.00 bits per heavy atom. The molecule has 1 aliphatic rings. The van der Waals surface area contributed by atoms with Gasteiger partial charge in [0.15, 0.2) is 0 Å². The van der Waals surface area contributed by atoms with Gasteiger partial charge < -0.3 is 9.84 Å². The van der Waals surface area contributed by atoms with Crippen molar-refractivity contribution in [3.8, 4) is 0 Å². The summed E-state index contributed by atoms with van der Waals surface area (Å²) in [5.41, 5.74) is 2.38. The van der Waals surface area contributed by atoms with Crippen LogP contribution in [0.3, 0.4) is 0 Å². The molecule has 1 fully saturated rings. The van der Waals surface area contributed by atoms with Crippen molar-refractivity contribution in [2.24, 2.45) is 0 Å². The highest BCUT2D eigenvalue weighted by Crippen LogP contribution is 2.16. The zero-order valence-electron chi connectivity index (χ0n) is 13.0. The van der Waals surface area contributed by atoms with Crippen molar-refractivity contribution in [3.05, 3.63) is 53.9 Å². The number of carboxylic acids is 1. The third-order valence-electron chi connectivity index (χ3n) is 4.07. The first kappa shape index (κ1) is 15.7. The van der Waals surface area contributed by atoms with E-state index in [1.54, 1.807) is 6.20 Å². The molecule has 0 amide bonds. The number of hydrogen-bond acceptors (Lipinski definition) is 4.